The van der Waals surface area contributed by atoms with Gasteiger partial charge in [-0.25, -0.2) is 0 Å². The number of benzene rings is 1. The van der Waals surface area contributed by atoms with E-state index in [2.05, 4.69) is 19.9 Å². The standard InChI is InChI=1S/C13H18O2/c1-8-7-9(2)12-11(14)5-4-6-15-13(12)10(8)3/h7,11,14H,4-6H2,1-3H3/t11-/m1/s1. The van der Waals surface area contributed by atoms with Crippen LogP contribution in [-0.2, 0) is 0 Å². The zero-order chi connectivity index (χ0) is 11.0. The predicted octanol–water partition coefficient (Wildman–Crippen LogP) is 2.82. The van der Waals surface area contributed by atoms with Gasteiger partial charge in [0.25, 0.3) is 0 Å². The van der Waals surface area contributed by atoms with Crippen LogP contribution < -0.4 is 4.74 Å². The van der Waals surface area contributed by atoms with Crippen LogP contribution in [-0.4, -0.2) is 11.7 Å². The van der Waals surface area contributed by atoms with Gasteiger partial charge in [0, 0.05) is 5.56 Å². The molecule has 0 unspecified atom stereocenters. The van der Waals surface area contributed by atoms with E-state index in [9.17, 15) is 5.11 Å². The average Bonchev–Trinajstić information content (AvgIpc) is 2.37. The van der Waals surface area contributed by atoms with E-state index in [1.165, 1.54) is 5.56 Å². The second-order valence-corrected chi connectivity index (χ2v) is 4.38. The number of hydrogen-bond acceptors (Lipinski definition) is 2. The first-order valence-electron chi connectivity index (χ1n) is 5.53. The maximum atomic E-state index is 10.1. The normalized spacial score (nSPS) is 20.4. The molecule has 0 amide bonds. The summed E-state index contributed by atoms with van der Waals surface area (Å²) in [5.41, 5.74) is 4.54. The smallest absolute Gasteiger partial charge is 0.128 e. The van der Waals surface area contributed by atoms with E-state index in [0.29, 0.717) is 6.61 Å². The monoisotopic (exact) mass is 206 g/mol. The van der Waals surface area contributed by atoms with E-state index < -0.39 is 0 Å². The lowest BCUT2D eigenvalue weighted by molar-refractivity contribution is 0.167. The third-order valence-corrected chi connectivity index (χ3v) is 3.24. The van der Waals surface area contributed by atoms with Crippen molar-refractivity contribution in [2.45, 2.75) is 39.7 Å². The molecule has 1 aliphatic heterocycles. The van der Waals surface area contributed by atoms with Crippen molar-refractivity contribution in [3.05, 3.63) is 28.3 Å². The highest BCUT2D eigenvalue weighted by molar-refractivity contribution is 5.51. The molecule has 0 saturated carbocycles. The van der Waals surface area contributed by atoms with Gasteiger partial charge in [0.1, 0.15) is 5.75 Å². The number of aryl methyl sites for hydroxylation is 2. The quantitative estimate of drug-likeness (QED) is 0.707. The van der Waals surface area contributed by atoms with Crippen molar-refractivity contribution in [1.82, 2.24) is 0 Å². The van der Waals surface area contributed by atoms with Gasteiger partial charge < -0.3 is 9.84 Å². The molecule has 0 aromatic heterocycles. The van der Waals surface area contributed by atoms with Crippen LogP contribution in [0.1, 0.15) is 41.2 Å². The molecule has 1 aromatic rings. The van der Waals surface area contributed by atoms with Crippen molar-refractivity contribution < 1.29 is 9.84 Å². The highest BCUT2D eigenvalue weighted by Crippen LogP contribution is 2.37. The van der Waals surface area contributed by atoms with Crippen molar-refractivity contribution in [3.8, 4) is 5.75 Å². The number of aliphatic hydroxyl groups excluding tert-OH is 1. The van der Waals surface area contributed by atoms with Crippen LogP contribution >= 0.6 is 0 Å². The van der Waals surface area contributed by atoms with Crippen LogP contribution in [0, 0.1) is 20.8 Å². The molecular formula is C13H18O2. The summed E-state index contributed by atoms with van der Waals surface area (Å²) in [6.07, 6.45) is 1.37. The fourth-order valence-corrected chi connectivity index (χ4v) is 2.27. The Morgan fingerprint density at radius 1 is 1.27 bits per heavy atom. The van der Waals surface area contributed by atoms with Crippen molar-refractivity contribution in [1.29, 1.82) is 0 Å². The second kappa shape index (κ2) is 3.86. The Bertz CT molecular complexity index is 383. The molecule has 1 heterocycles. The van der Waals surface area contributed by atoms with Crippen molar-refractivity contribution in [2.75, 3.05) is 6.61 Å². The molecule has 0 bridgehead atoms. The summed E-state index contributed by atoms with van der Waals surface area (Å²) in [7, 11) is 0. The molecule has 0 radical (unpaired) electrons. The van der Waals surface area contributed by atoms with E-state index >= 15 is 0 Å². The summed E-state index contributed by atoms with van der Waals surface area (Å²) in [6, 6.07) is 2.13. The van der Waals surface area contributed by atoms with Gasteiger partial charge in [-0.1, -0.05) is 6.07 Å². The zero-order valence-corrected chi connectivity index (χ0v) is 9.63. The number of rotatable bonds is 0. The van der Waals surface area contributed by atoms with E-state index in [-0.39, 0.29) is 6.10 Å². The molecule has 2 heteroatoms. The van der Waals surface area contributed by atoms with Crippen LogP contribution in [0.4, 0.5) is 0 Å². The lowest BCUT2D eigenvalue weighted by Crippen LogP contribution is -2.03. The topological polar surface area (TPSA) is 29.5 Å². The minimum Gasteiger partial charge on any atom is -0.493 e. The van der Waals surface area contributed by atoms with Gasteiger partial charge in [-0.05, 0) is 50.3 Å². The van der Waals surface area contributed by atoms with Crippen molar-refractivity contribution in [2.24, 2.45) is 0 Å². The molecule has 0 fully saturated rings. The number of fused-ring (bicyclic) bond motifs is 1. The molecule has 0 spiro atoms. The fourth-order valence-electron chi connectivity index (χ4n) is 2.27. The van der Waals surface area contributed by atoms with Crippen LogP contribution in [0.2, 0.25) is 0 Å². The molecule has 2 nitrogen and oxygen atoms in total. The Morgan fingerprint density at radius 3 is 2.73 bits per heavy atom. The maximum absolute atomic E-state index is 10.1. The first-order valence-corrected chi connectivity index (χ1v) is 5.53. The van der Waals surface area contributed by atoms with Crippen molar-refractivity contribution in [3.63, 3.8) is 0 Å². The van der Waals surface area contributed by atoms with Crippen molar-refractivity contribution >= 4 is 0 Å². The van der Waals surface area contributed by atoms with Crippen LogP contribution in [0.15, 0.2) is 6.07 Å². The van der Waals surface area contributed by atoms with E-state index in [1.807, 2.05) is 6.92 Å². The van der Waals surface area contributed by atoms with Gasteiger partial charge in [0.15, 0.2) is 0 Å². The molecule has 0 aliphatic carbocycles. The first-order chi connectivity index (χ1) is 7.11. The fraction of sp³-hybridized carbons (Fsp3) is 0.538. The van der Waals surface area contributed by atoms with Gasteiger partial charge in [0.2, 0.25) is 0 Å². The molecule has 0 saturated heterocycles. The molecule has 1 aromatic carbocycles. The summed E-state index contributed by atoms with van der Waals surface area (Å²) in [5.74, 6) is 0.914. The lowest BCUT2D eigenvalue weighted by Gasteiger charge is -2.18. The Kier molecular flexibility index (Phi) is 2.70. The number of hydrogen-bond donors (Lipinski definition) is 1. The third kappa shape index (κ3) is 1.74. The van der Waals surface area contributed by atoms with E-state index in [0.717, 1.165) is 35.3 Å². The minimum absolute atomic E-state index is 0.359. The Morgan fingerprint density at radius 2 is 2.00 bits per heavy atom. The maximum Gasteiger partial charge on any atom is 0.128 e. The number of aliphatic hydroxyl groups is 1. The Labute approximate surface area is 90.9 Å². The van der Waals surface area contributed by atoms with Crippen LogP contribution in [0.5, 0.6) is 5.75 Å². The highest BCUT2D eigenvalue weighted by Gasteiger charge is 2.22. The Balaban J connectivity index is 2.63. The zero-order valence-electron chi connectivity index (χ0n) is 9.63. The molecule has 1 N–H and O–H groups in total. The summed E-state index contributed by atoms with van der Waals surface area (Å²) >= 11 is 0. The largest absolute Gasteiger partial charge is 0.493 e. The lowest BCUT2D eigenvalue weighted by atomic mass is 9.94. The van der Waals surface area contributed by atoms with Crippen LogP contribution in [0.3, 0.4) is 0 Å². The van der Waals surface area contributed by atoms with Gasteiger partial charge in [-0.3, -0.25) is 0 Å². The predicted molar refractivity (Wildman–Crippen MR) is 60.3 cm³/mol. The summed E-state index contributed by atoms with van der Waals surface area (Å²) in [4.78, 5) is 0. The summed E-state index contributed by atoms with van der Waals surface area (Å²) < 4.78 is 5.75. The van der Waals surface area contributed by atoms with E-state index in [1.54, 1.807) is 0 Å². The van der Waals surface area contributed by atoms with Gasteiger partial charge in [-0.15, -0.1) is 0 Å². The molecule has 1 atom stereocenters. The molecule has 1 aliphatic rings. The first kappa shape index (κ1) is 10.5. The number of ether oxygens (including phenoxy) is 1. The average molecular weight is 206 g/mol. The molecule has 2 rings (SSSR count). The van der Waals surface area contributed by atoms with Gasteiger partial charge >= 0.3 is 0 Å². The second-order valence-electron chi connectivity index (χ2n) is 4.38. The SMILES string of the molecule is Cc1cc(C)c2c(c1C)OCCC[C@H]2O. The summed E-state index contributed by atoms with van der Waals surface area (Å²) in [6.45, 7) is 6.91. The molecular weight excluding hydrogens is 188 g/mol. The highest BCUT2D eigenvalue weighted by atomic mass is 16.5. The molecule has 15 heavy (non-hydrogen) atoms. The van der Waals surface area contributed by atoms with Gasteiger partial charge in [0.05, 0.1) is 12.7 Å². The van der Waals surface area contributed by atoms with E-state index in [4.69, 9.17) is 4.74 Å². The summed E-state index contributed by atoms with van der Waals surface area (Å²) in [5, 5.41) is 10.1. The Hall–Kier alpha value is -1.02. The third-order valence-electron chi connectivity index (χ3n) is 3.24. The molecule has 82 valence electrons. The minimum atomic E-state index is -0.359. The van der Waals surface area contributed by atoms with Gasteiger partial charge in [-0.2, -0.15) is 0 Å². The van der Waals surface area contributed by atoms with Crippen LogP contribution in [0.25, 0.3) is 0 Å².